The minimum atomic E-state index is 0.0953. The van der Waals surface area contributed by atoms with Gasteiger partial charge in [0.25, 0.3) is 0 Å². The van der Waals surface area contributed by atoms with Crippen LogP contribution in [0.1, 0.15) is 11.4 Å². The minimum Gasteiger partial charge on any atom is -0.384 e. The number of hydrogen-bond acceptors (Lipinski definition) is 5. The van der Waals surface area contributed by atoms with Crippen molar-refractivity contribution in [1.82, 2.24) is 14.5 Å². The van der Waals surface area contributed by atoms with E-state index in [0.29, 0.717) is 11.5 Å². The highest BCUT2D eigenvalue weighted by molar-refractivity contribution is 5.47. The SMILES string of the molecule is N#Cc1ncn(-c2ccnc(N)c2)c1C#N. The van der Waals surface area contributed by atoms with Gasteiger partial charge in [-0.25, -0.2) is 9.97 Å². The van der Waals surface area contributed by atoms with Gasteiger partial charge in [0.15, 0.2) is 11.4 Å². The lowest BCUT2D eigenvalue weighted by Crippen LogP contribution is -1.98. The maximum atomic E-state index is 8.94. The van der Waals surface area contributed by atoms with Crippen molar-refractivity contribution >= 4 is 5.82 Å². The van der Waals surface area contributed by atoms with Crippen LogP contribution in [0.2, 0.25) is 0 Å². The van der Waals surface area contributed by atoms with E-state index in [1.54, 1.807) is 12.1 Å². The fourth-order valence-electron chi connectivity index (χ4n) is 1.32. The lowest BCUT2D eigenvalue weighted by Gasteiger charge is -2.03. The van der Waals surface area contributed by atoms with E-state index in [9.17, 15) is 0 Å². The summed E-state index contributed by atoms with van der Waals surface area (Å²) in [6.07, 6.45) is 2.93. The van der Waals surface area contributed by atoms with Crippen LogP contribution >= 0.6 is 0 Å². The zero-order chi connectivity index (χ0) is 11.5. The molecule has 0 saturated heterocycles. The molecule has 0 bridgehead atoms. The monoisotopic (exact) mass is 210 g/mol. The zero-order valence-corrected chi connectivity index (χ0v) is 8.12. The maximum Gasteiger partial charge on any atom is 0.177 e. The number of imidazole rings is 1. The van der Waals surface area contributed by atoms with Crippen LogP contribution in [-0.2, 0) is 0 Å². The van der Waals surface area contributed by atoms with Crippen molar-refractivity contribution in [1.29, 1.82) is 10.5 Å². The highest BCUT2D eigenvalue weighted by atomic mass is 15.1. The Labute approximate surface area is 91.2 Å². The number of rotatable bonds is 1. The van der Waals surface area contributed by atoms with Crippen LogP contribution in [0.5, 0.6) is 0 Å². The molecule has 0 aliphatic carbocycles. The number of nitrogen functional groups attached to an aromatic ring is 1. The standard InChI is InChI=1S/C10H6N6/c11-4-8-9(5-12)16(6-15-8)7-1-2-14-10(13)3-7/h1-3,6H,(H2,13,14). The molecule has 2 heterocycles. The number of hydrogen-bond donors (Lipinski definition) is 1. The lowest BCUT2D eigenvalue weighted by molar-refractivity contribution is 1.03. The second kappa shape index (κ2) is 3.71. The van der Waals surface area contributed by atoms with Gasteiger partial charge in [0.2, 0.25) is 0 Å². The lowest BCUT2D eigenvalue weighted by atomic mass is 10.3. The molecule has 2 aromatic heterocycles. The van der Waals surface area contributed by atoms with E-state index in [0.717, 1.165) is 0 Å². The van der Waals surface area contributed by atoms with E-state index in [1.807, 2.05) is 12.1 Å². The fourth-order valence-corrected chi connectivity index (χ4v) is 1.32. The number of nitrogens with two attached hydrogens (primary N) is 1. The van der Waals surface area contributed by atoms with Gasteiger partial charge < -0.3 is 5.73 Å². The molecule has 0 aromatic carbocycles. The quantitative estimate of drug-likeness (QED) is 0.741. The van der Waals surface area contributed by atoms with Crippen LogP contribution in [0.4, 0.5) is 5.82 Å². The van der Waals surface area contributed by atoms with Gasteiger partial charge in [-0.3, -0.25) is 4.57 Å². The Kier molecular flexibility index (Phi) is 2.25. The van der Waals surface area contributed by atoms with Gasteiger partial charge >= 0.3 is 0 Å². The van der Waals surface area contributed by atoms with E-state index in [4.69, 9.17) is 16.3 Å². The maximum absolute atomic E-state index is 8.94. The number of aromatic nitrogens is 3. The van der Waals surface area contributed by atoms with Gasteiger partial charge in [0.1, 0.15) is 24.3 Å². The molecule has 6 nitrogen and oxygen atoms in total. The largest absolute Gasteiger partial charge is 0.384 e. The van der Waals surface area contributed by atoms with Crippen LogP contribution in [0.25, 0.3) is 5.69 Å². The molecule has 16 heavy (non-hydrogen) atoms. The summed E-state index contributed by atoms with van der Waals surface area (Å²) >= 11 is 0. The van der Waals surface area contributed by atoms with E-state index in [2.05, 4.69) is 9.97 Å². The average molecular weight is 210 g/mol. The van der Waals surface area contributed by atoms with Crippen molar-refractivity contribution in [3.05, 3.63) is 36.0 Å². The molecule has 0 unspecified atom stereocenters. The average Bonchev–Trinajstić information content (AvgIpc) is 2.71. The third kappa shape index (κ3) is 1.45. The summed E-state index contributed by atoms with van der Waals surface area (Å²) in [5.41, 5.74) is 6.47. The molecule has 0 fully saturated rings. The Morgan fingerprint density at radius 3 is 2.69 bits per heavy atom. The molecule has 6 heteroatoms. The summed E-state index contributed by atoms with van der Waals surface area (Å²) in [4.78, 5) is 7.67. The van der Waals surface area contributed by atoms with Crippen molar-refractivity contribution in [2.24, 2.45) is 0 Å². The summed E-state index contributed by atoms with van der Waals surface area (Å²) in [5, 5.41) is 17.7. The van der Waals surface area contributed by atoms with Crippen LogP contribution in [0.3, 0.4) is 0 Å². The van der Waals surface area contributed by atoms with Crippen molar-refractivity contribution in [2.45, 2.75) is 0 Å². The second-order valence-corrected chi connectivity index (χ2v) is 2.97. The first-order valence-electron chi connectivity index (χ1n) is 4.35. The smallest absolute Gasteiger partial charge is 0.177 e. The summed E-state index contributed by atoms with van der Waals surface area (Å²) in [6.45, 7) is 0. The first-order valence-corrected chi connectivity index (χ1v) is 4.35. The summed E-state index contributed by atoms with van der Waals surface area (Å²) in [7, 11) is 0. The third-order valence-corrected chi connectivity index (χ3v) is 2.02. The van der Waals surface area contributed by atoms with Gasteiger partial charge in [-0.15, -0.1) is 0 Å². The third-order valence-electron chi connectivity index (χ3n) is 2.02. The van der Waals surface area contributed by atoms with Gasteiger partial charge in [-0.2, -0.15) is 10.5 Å². The Bertz CT molecular complexity index is 613. The summed E-state index contributed by atoms with van der Waals surface area (Å²) < 4.78 is 1.50. The summed E-state index contributed by atoms with van der Waals surface area (Å²) in [5.74, 6) is 0.341. The predicted molar refractivity (Wildman–Crippen MR) is 55.2 cm³/mol. The van der Waals surface area contributed by atoms with Crippen LogP contribution < -0.4 is 5.73 Å². The van der Waals surface area contributed by atoms with Crippen molar-refractivity contribution in [2.75, 3.05) is 5.73 Å². The Hall–Kier alpha value is -2.86. The van der Waals surface area contributed by atoms with E-state index >= 15 is 0 Å². The number of nitriles is 2. The first kappa shape index (κ1) is 9.69. The van der Waals surface area contributed by atoms with Gasteiger partial charge in [-0.05, 0) is 6.07 Å². The number of anilines is 1. The second-order valence-electron chi connectivity index (χ2n) is 2.97. The first-order chi connectivity index (χ1) is 7.76. The summed E-state index contributed by atoms with van der Waals surface area (Å²) in [6, 6.07) is 7.06. The Morgan fingerprint density at radius 1 is 1.25 bits per heavy atom. The minimum absolute atomic E-state index is 0.0953. The molecule has 0 saturated carbocycles. The molecule has 2 aromatic rings. The van der Waals surface area contributed by atoms with Crippen LogP contribution in [-0.4, -0.2) is 14.5 Å². The van der Waals surface area contributed by atoms with Crippen molar-refractivity contribution < 1.29 is 0 Å². The molecule has 0 amide bonds. The van der Waals surface area contributed by atoms with E-state index in [1.165, 1.54) is 17.1 Å². The molecule has 0 atom stereocenters. The van der Waals surface area contributed by atoms with Crippen molar-refractivity contribution in [3.63, 3.8) is 0 Å². The molecular weight excluding hydrogens is 204 g/mol. The van der Waals surface area contributed by atoms with Crippen LogP contribution in [0, 0.1) is 22.7 Å². The highest BCUT2D eigenvalue weighted by Crippen LogP contribution is 2.14. The number of pyridine rings is 1. The van der Waals surface area contributed by atoms with Gasteiger partial charge in [-0.1, -0.05) is 0 Å². The van der Waals surface area contributed by atoms with E-state index in [-0.39, 0.29) is 11.4 Å². The molecular formula is C10H6N6. The Balaban J connectivity index is 2.63. The zero-order valence-electron chi connectivity index (χ0n) is 8.12. The van der Waals surface area contributed by atoms with Gasteiger partial charge in [0.05, 0.1) is 5.69 Å². The molecule has 0 aliphatic heterocycles. The predicted octanol–water partition coefficient (Wildman–Crippen LogP) is 0.593. The van der Waals surface area contributed by atoms with Crippen molar-refractivity contribution in [3.8, 4) is 17.8 Å². The normalized spacial score (nSPS) is 9.38. The highest BCUT2D eigenvalue weighted by Gasteiger charge is 2.11. The molecule has 2 rings (SSSR count). The van der Waals surface area contributed by atoms with Crippen LogP contribution in [0.15, 0.2) is 24.7 Å². The number of nitrogens with zero attached hydrogens (tertiary/aromatic N) is 5. The fraction of sp³-hybridized carbons (Fsp3) is 0. The Morgan fingerprint density at radius 2 is 2.06 bits per heavy atom. The van der Waals surface area contributed by atoms with Gasteiger partial charge in [0, 0.05) is 12.3 Å². The topological polar surface area (TPSA) is 104 Å². The van der Waals surface area contributed by atoms with E-state index < -0.39 is 0 Å². The molecule has 76 valence electrons. The molecule has 0 aliphatic rings. The molecule has 2 N–H and O–H groups in total. The molecule has 0 spiro atoms. The molecule has 0 radical (unpaired) electrons.